The Balaban J connectivity index is 2.32. The second-order valence-corrected chi connectivity index (χ2v) is 4.79. The van der Waals surface area contributed by atoms with E-state index in [1.165, 1.54) is 31.2 Å². The first-order chi connectivity index (χ1) is 10.2. The first kappa shape index (κ1) is 18.2. The van der Waals surface area contributed by atoms with E-state index in [1.54, 1.807) is 11.9 Å². The van der Waals surface area contributed by atoms with Gasteiger partial charge in [-0.25, -0.2) is 4.39 Å². The zero-order valence-corrected chi connectivity index (χ0v) is 12.3. The van der Waals surface area contributed by atoms with Crippen LogP contribution in [0.25, 0.3) is 0 Å². The molecule has 1 aromatic carbocycles. The van der Waals surface area contributed by atoms with Crippen LogP contribution in [0.3, 0.4) is 0 Å². The van der Waals surface area contributed by atoms with Gasteiger partial charge in [0.1, 0.15) is 24.7 Å². The molecule has 0 aromatic heterocycles. The number of benzene rings is 1. The zero-order valence-electron chi connectivity index (χ0n) is 12.3. The lowest BCUT2D eigenvalue weighted by Gasteiger charge is -2.24. The second kappa shape index (κ2) is 7.98. The number of nitrogens with zero attached hydrogens (tertiary/aromatic N) is 1. The van der Waals surface area contributed by atoms with Gasteiger partial charge in [-0.15, -0.1) is 0 Å². The van der Waals surface area contributed by atoms with E-state index in [0.717, 1.165) is 0 Å². The smallest absolute Gasteiger partial charge is 0.405 e. The van der Waals surface area contributed by atoms with Crippen molar-refractivity contribution in [2.45, 2.75) is 19.1 Å². The summed E-state index contributed by atoms with van der Waals surface area (Å²) in [5.41, 5.74) is 0. The topological polar surface area (TPSA) is 41.6 Å². The van der Waals surface area contributed by atoms with Gasteiger partial charge < -0.3 is 10.1 Å². The molecule has 0 heterocycles. The van der Waals surface area contributed by atoms with Gasteiger partial charge in [-0.1, -0.05) is 0 Å². The normalized spacial score (nSPS) is 13.0. The number of alkyl halides is 3. The Morgan fingerprint density at radius 3 is 2.45 bits per heavy atom. The van der Waals surface area contributed by atoms with Crippen LogP contribution in [0.4, 0.5) is 17.6 Å². The van der Waals surface area contributed by atoms with Crippen molar-refractivity contribution in [3.05, 3.63) is 30.1 Å². The third-order valence-corrected chi connectivity index (χ3v) is 3.03. The van der Waals surface area contributed by atoms with Crippen LogP contribution in [0.2, 0.25) is 0 Å². The van der Waals surface area contributed by atoms with Crippen LogP contribution in [0.15, 0.2) is 24.3 Å². The minimum absolute atomic E-state index is 0.221. The van der Waals surface area contributed by atoms with E-state index in [-0.39, 0.29) is 12.4 Å². The molecule has 0 fully saturated rings. The summed E-state index contributed by atoms with van der Waals surface area (Å²) in [5, 5.41) is 1.83. The fourth-order valence-electron chi connectivity index (χ4n) is 1.57. The van der Waals surface area contributed by atoms with Gasteiger partial charge >= 0.3 is 6.18 Å². The maximum atomic E-state index is 12.7. The molecule has 124 valence electrons. The highest BCUT2D eigenvalue weighted by molar-refractivity contribution is 5.81. The van der Waals surface area contributed by atoms with E-state index in [2.05, 4.69) is 0 Å². The Morgan fingerprint density at radius 2 is 1.91 bits per heavy atom. The van der Waals surface area contributed by atoms with Crippen LogP contribution in [0.5, 0.6) is 5.75 Å². The van der Waals surface area contributed by atoms with Gasteiger partial charge in [0.25, 0.3) is 0 Å². The summed E-state index contributed by atoms with van der Waals surface area (Å²) in [7, 11) is 1.60. The minimum Gasteiger partial charge on any atom is -0.492 e. The van der Waals surface area contributed by atoms with Gasteiger partial charge in [-0.3, -0.25) is 9.69 Å². The molecule has 1 amide bonds. The quantitative estimate of drug-likeness (QED) is 0.783. The van der Waals surface area contributed by atoms with Crippen LogP contribution >= 0.6 is 0 Å². The van der Waals surface area contributed by atoms with Gasteiger partial charge in [-0.05, 0) is 38.2 Å². The van der Waals surface area contributed by atoms with Crippen LogP contribution in [0, 0.1) is 5.82 Å². The molecule has 0 radical (unpaired) electrons. The average molecular weight is 322 g/mol. The fourth-order valence-corrected chi connectivity index (χ4v) is 1.57. The van der Waals surface area contributed by atoms with E-state index in [4.69, 9.17) is 4.74 Å². The maximum Gasteiger partial charge on any atom is 0.405 e. The number of likely N-dealkylation sites (N-methyl/N-ethyl adjacent to an activating group) is 1. The highest BCUT2D eigenvalue weighted by atomic mass is 19.4. The third kappa shape index (κ3) is 6.75. The molecule has 1 rings (SSSR count). The summed E-state index contributed by atoms with van der Waals surface area (Å²) in [6.45, 7) is 0.705. The molecule has 1 N–H and O–H groups in total. The van der Waals surface area contributed by atoms with E-state index >= 15 is 0 Å². The Hall–Kier alpha value is -1.83. The molecule has 22 heavy (non-hydrogen) atoms. The predicted molar refractivity (Wildman–Crippen MR) is 73.1 cm³/mol. The van der Waals surface area contributed by atoms with Crippen molar-refractivity contribution < 1.29 is 27.1 Å². The summed E-state index contributed by atoms with van der Waals surface area (Å²) < 4.78 is 54.1. The monoisotopic (exact) mass is 322 g/mol. The number of rotatable bonds is 7. The molecule has 0 bridgehead atoms. The minimum atomic E-state index is -4.43. The molecule has 0 aliphatic carbocycles. The number of ether oxygens (including phenoxy) is 1. The molecule has 1 aromatic rings. The molecule has 0 spiro atoms. The zero-order chi connectivity index (χ0) is 16.8. The number of carbonyl (C=O) groups excluding carboxylic acids is 1. The first-order valence-corrected chi connectivity index (χ1v) is 6.62. The molecule has 1 atom stereocenters. The highest BCUT2D eigenvalue weighted by Gasteiger charge is 2.29. The van der Waals surface area contributed by atoms with Gasteiger partial charge in [0.05, 0.1) is 6.04 Å². The Morgan fingerprint density at radius 1 is 1.32 bits per heavy atom. The van der Waals surface area contributed by atoms with Crippen molar-refractivity contribution >= 4 is 5.91 Å². The van der Waals surface area contributed by atoms with Crippen molar-refractivity contribution in [2.24, 2.45) is 0 Å². The van der Waals surface area contributed by atoms with Crippen molar-refractivity contribution in [3.8, 4) is 5.75 Å². The lowest BCUT2D eigenvalue weighted by atomic mass is 10.2. The molecule has 0 aliphatic heterocycles. The summed E-state index contributed by atoms with van der Waals surface area (Å²) in [6.07, 6.45) is -4.43. The van der Waals surface area contributed by atoms with Crippen molar-refractivity contribution in [2.75, 3.05) is 26.7 Å². The molecule has 1 unspecified atom stereocenters. The third-order valence-electron chi connectivity index (χ3n) is 3.03. The summed E-state index contributed by atoms with van der Waals surface area (Å²) in [5.74, 6) is -0.606. The standard InChI is InChI=1S/C14H18F4N2O2/c1-10(13(21)19-9-14(16,17)18)20(2)7-8-22-12-5-3-11(15)4-6-12/h3-6,10H,7-9H2,1-2H3,(H,19,21). The average Bonchev–Trinajstić information content (AvgIpc) is 2.45. The number of halogens is 4. The molecule has 0 saturated carbocycles. The van der Waals surface area contributed by atoms with Crippen molar-refractivity contribution in [3.63, 3.8) is 0 Å². The van der Waals surface area contributed by atoms with Crippen LogP contribution < -0.4 is 10.1 Å². The molecule has 8 heteroatoms. The van der Waals surface area contributed by atoms with E-state index in [0.29, 0.717) is 12.3 Å². The Kier molecular flexibility index (Phi) is 6.61. The number of hydrogen-bond acceptors (Lipinski definition) is 3. The van der Waals surface area contributed by atoms with Crippen LogP contribution in [-0.4, -0.2) is 49.8 Å². The maximum absolute atomic E-state index is 12.7. The molecule has 0 saturated heterocycles. The summed E-state index contributed by atoms with van der Waals surface area (Å²) in [4.78, 5) is 13.1. The van der Waals surface area contributed by atoms with Gasteiger partial charge in [0.15, 0.2) is 0 Å². The number of amides is 1. The van der Waals surface area contributed by atoms with Crippen molar-refractivity contribution in [1.82, 2.24) is 10.2 Å². The van der Waals surface area contributed by atoms with E-state index < -0.39 is 24.7 Å². The van der Waals surface area contributed by atoms with Crippen molar-refractivity contribution in [1.29, 1.82) is 0 Å². The SMILES string of the molecule is CC(C(=O)NCC(F)(F)F)N(C)CCOc1ccc(F)cc1. The lowest BCUT2D eigenvalue weighted by molar-refractivity contribution is -0.141. The number of nitrogens with one attached hydrogen (secondary N) is 1. The van der Waals surface area contributed by atoms with E-state index in [1.807, 2.05) is 5.32 Å². The predicted octanol–water partition coefficient (Wildman–Crippen LogP) is 2.20. The molecular weight excluding hydrogens is 304 g/mol. The van der Waals surface area contributed by atoms with Gasteiger partial charge in [0.2, 0.25) is 5.91 Å². The van der Waals surface area contributed by atoms with Gasteiger partial charge in [-0.2, -0.15) is 13.2 Å². The second-order valence-electron chi connectivity index (χ2n) is 4.79. The first-order valence-electron chi connectivity index (χ1n) is 6.62. The van der Waals surface area contributed by atoms with E-state index in [9.17, 15) is 22.4 Å². The highest BCUT2D eigenvalue weighted by Crippen LogP contribution is 2.13. The summed E-state index contributed by atoms with van der Waals surface area (Å²) >= 11 is 0. The number of carbonyl (C=O) groups is 1. The lowest BCUT2D eigenvalue weighted by Crippen LogP contribution is -2.46. The molecule has 0 aliphatic rings. The largest absolute Gasteiger partial charge is 0.492 e. The Bertz CT molecular complexity index is 477. The number of hydrogen-bond donors (Lipinski definition) is 1. The van der Waals surface area contributed by atoms with Gasteiger partial charge in [0, 0.05) is 6.54 Å². The fraction of sp³-hybridized carbons (Fsp3) is 0.500. The Labute approximate surface area is 126 Å². The van der Waals surface area contributed by atoms with Crippen LogP contribution in [0.1, 0.15) is 6.92 Å². The van der Waals surface area contributed by atoms with Crippen LogP contribution in [-0.2, 0) is 4.79 Å². The summed E-state index contributed by atoms with van der Waals surface area (Å²) in [6, 6.07) is 4.72. The molecular formula is C14H18F4N2O2. The molecule has 4 nitrogen and oxygen atoms in total.